The Hall–Kier alpha value is -3.07. The lowest BCUT2D eigenvalue weighted by Crippen LogP contribution is -2.61. The number of aliphatic hydroxyl groups is 2. The summed E-state index contributed by atoms with van der Waals surface area (Å²) in [5.74, 6) is -0.585. The normalized spacial score (nSPS) is 24.5. The largest absolute Gasteiger partial charge is 0.453 e. The molecule has 1 aliphatic rings. The van der Waals surface area contributed by atoms with Crippen LogP contribution in [0.15, 0.2) is 91.0 Å². The van der Waals surface area contributed by atoms with E-state index in [-0.39, 0.29) is 13.2 Å². The summed E-state index contributed by atoms with van der Waals surface area (Å²) < 4.78 is 23.6. The smallest absolute Gasteiger partial charge is 0.338 e. The lowest BCUT2D eigenvalue weighted by atomic mass is 9.98. The number of aliphatic hydroxyl groups excluding tert-OH is 2. The van der Waals surface area contributed by atoms with Gasteiger partial charge in [0.2, 0.25) is 0 Å². The Morgan fingerprint density at radius 3 is 1.76 bits per heavy atom. The van der Waals surface area contributed by atoms with E-state index in [1.54, 1.807) is 30.3 Å². The zero-order valence-corrected chi connectivity index (χ0v) is 18.6. The molecule has 178 valence electrons. The van der Waals surface area contributed by atoms with Gasteiger partial charge in [-0.15, -0.1) is 0 Å². The number of ether oxygens (including phenoxy) is 4. The van der Waals surface area contributed by atoms with Crippen LogP contribution < -0.4 is 0 Å². The number of esters is 1. The van der Waals surface area contributed by atoms with E-state index in [4.69, 9.17) is 18.9 Å². The Morgan fingerprint density at radius 2 is 1.24 bits per heavy atom. The lowest BCUT2D eigenvalue weighted by Gasteiger charge is -2.43. The molecule has 1 saturated heterocycles. The van der Waals surface area contributed by atoms with E-state index >= 15 is 0 Å². The second-order valence-electron chi connectivity index (χ2n) is 8.01. The van der Waals surface area contributed by atoms with Crippen molar-refractivity contribution in [3.05, 3.63) is 108 Å². The monoisotopic (exact) mass is 464 g/mol. The van der Waals surface area contributed by atoms with E-state index in [0.29, 0.717) is 5.56 Å². The molecule has 0 aromatic heterocycles. The second kappa shape index (κ2) is 11.9. The highest BCUT2D eigenvalue weighted by atomic mass is 16.7. The molecule has 0 bridgehead atoms. The Kier molecular flexibility index (Phi) is 8.41. The molecule has 3 aromatic rings. The van der Waals surface area contributed by atoms with Crippen LogP contribution in [0.1, 0.15) is 21.5 Å². The Balaban J connectivity index is 1.58. The standard InChI is InChI=1S/C27H28O7/c28-16-22-23(31-17-19-10-4-1-5-11-19)24(34-26(29)21-14-8-3-9-15-21)25(27(30)33-22)32-18-20-12-6-2-7-13-20/h1-15,22-25,27-28,30H,16-18H2/t22-,23-,24+,25-,27?/m1/s1. The summed E-state index contributed by atoms with van der Waals surface area (Å²) in [5.41, 5.74) is 2.14. The molecule has 7 nitrogen and oxygen atoms in total. The molecule has 3 aromatic carbocycles. The van der Waals surface area contributed by atoms with Crippen molar-refractivity contribution in [3.8, 4) is 0 Å². The quantitative estimate of drug-likeness (QED) is 0.470. The average Bonchev–Trinajstić information content (AvgIpc) is 2.89. The van der Waals surface area contributed by atoms with E-state index in [9.17, 15) is 15.0 Å². The minimum atomic E-state index is -1.42. The highest BCUT2D eigenvalue weighted by Gasteiger charge is 2.49. The highest BCUT2D eigenvalue weighted by Crippen LogP contribution is 2.29. The topological polar surface area (TPSA) is 94.5 Å². The first-order valence-corrected chi connectivity index (χ1v) is 11.2. The second-order valence-corrected chi connectivity index (χ2v) is 8.01. The Morgan fingerprint density at radius 1 is 0.735 bits per heavy atom. The summed E-state index contributed by atoms with van der Waals surface area (Å²) in [6.07, 6.45) is -5.27. The van der Waals surface area contributed by atoms with Crippen molar-refractivity contribution in [1.82, 2.24) is 0 Å². The van der Waals surface area contributed by atoms with Crippen molar-refractivity contribution in [2.45, 2.75) is 43.9 Å². The summed E-state index contributed by atoms with van der Waals surface area (Å²) in [5, 5.41) is 20.6. The van der Waals surface area contributed by atoms with Crippen LogP contribution in [0.25, 0.3) is 0 Å². The molecule has 4 rings (SSSR count). The molecule has 34 heavy (non-hydrogen) atoms. The molecule has 1 unspecified atom stereocenters. The molecular weight excluding hydrogens is 436 g/mol. The summed E-state index contributed by atoms with van der Waals surface area (Å²) in [7, 11) is 0. The molecule has 1 fully saturated rings. The molecule has 7 heteroatoms. The van der Waals surface area contributed by atoms with Crippen LogP contribution >= 0.6 is 0 Å². The maximum Gasteiger partial charge on any atom is 0.338 e. The van der Waals surface area contributed by atoms with Crippen LogP contribution in [0.4, 0.5) is 0 Å². The van der Waals surface area contributed by atoms with Crippen LogP contribution in [0.5, 0.6) is 0 Å². The molecule has 0 aliphatic carbocycles. The first kappa shape index (κ1) is 24.1. The first-order valence-electron chi connectivity index (χ1n) is 11.2. The van der Waals surface area contributed by atoms with Gasteiger partial charge in [0.15, 0.2) is 12.4 Å². The van der Waals surface area contributed by atoms with Crippen LogP contribution in [-0.2, 0) is 32.2 Å². The van der Waals surface area contributed by atoms with E-state index in [1.165, 1.54) is 0 Å². The van der Waals surface area contributed by atoms with Crippen LogP contribution in [0, 0.1) is 0 Å². The summed E-state index contributed by atoms with van der Waals surface area (Å²) in [6, 6.07) is 27.5. The van der Waals surface area contributed by atoms with E-state index in [2.05, 4.69) is 0 Å². The molecule has 5 atom stereocenters. The van der Waals surface area contributed by atoms with Crippen LogP contribution in [-0.4, -0.2) is 53.5 Å². The zero-order valence-electron chi connectivity index (χ0n) is 18.6. The molecule has 0 radical (unpaired) electrons. The van der Waals surface area contributed by atoms with Crippen molar-refractivity contribution in [2.75, 3.05) is 6.61 Å². The van der Waals surface area contributed by atoms with Gasteiger partial charge >= 0.3 is 5.97 Å². The molecule has 2 N–H and O–H groups in total. The van der Waals surface area contributed by atoms with Gasteiger partial charge in [-0.2, -0.15) is 0 Å². The predicted molar refractivity (Wildman–Crippen MR) is 124 cm³/mol. The Labute approximate surface area is 198 Å². The fourth-order valence-corrected chi connectivity index (χ4v) is 3.85. The Bertz CT molecular complexity index is 1010. The summed E-state index contributed by atoms with van der Waals surface area (Å²) in [4.78, 5) is 12.9. The average molecular weight is 465 g/mol. The lowest BCUT2D eigenvalue weighted by molar-refractivity contribution is -0.305. The molecule has 1 heterocycles. The highest BCUT2D eigenvalue weighted by molar-refractivity contribution is 5.89. The summed E-state index contributed by atoms with van der Waals surface area (Å²) >= 11 is 0. The van der Waals surface area contributed by atoms with E-state index < -0.39 is 43.3 Å². The van der Waals surface area contributed by atoms with Gasteiger partial charge in [0.25, 0.3) is 0 Å². The van der Waals surface area contributed by atoms with Gasteiger partial charge in [0, 0.05) is 0 Å². The third-order valence-corrected chi connectivity index (χ3v) is 5.61. The minimum Gasteiger partial charge on any atom is -0.453 e. The van der Waals surface area contributed by atoms with Crippen molar-refractivity contribution in [2.24, 2.45) is 0 Å². The maximum atomic E-state index is 12.9. The molecule has 0 saturated carbocycles. The fraction of sp³-hybridized carbons (Fsp3) is 0.296. The summed E-state index contributed by atoms with van der Waals surface area (Å²) in [6.45, 7) is -0.0614. The van der Waals surface area contributed by atoms with Crippen molar-refractivity contribution >= 4 is 5.97 Å². The zero-order chi connectivity index (χ0) is 23.8. The minimum absolute atomic E-state index is 0.167. The van der Waals surface area contributed by atoms with Gasteiger partial charge in [0.05, 0.1) is 25.4 Å². The van der Waals surface area contributed by atoms with Gasteiger partial charge in [-0.05, 0) is 23.3 Å². The molecule has 0 amide bonds. The predicted octanol–water partition coefficient (Wildman–Crippen LogP) is 3.09. The number of rotatable bonds is 9. The van der Waals surface area contributed by atoms with E-state index in [0.717, 1.165) is 11.1 Å². The van der Waals surface area contributed by atoms with Crippen molar-refractivity contribution in [3.63, 3.8) is 0 Å². The number of benzene rings is 3. The fourth-order valence-electron chi connectivity index (χ4n) is 3.85. The number of carbonyl (C=O) groups is 1. The van der Waals surface area contributed by atoms with Crippen molar-refractivity contribution in [1.29, 1.82) is 0 Å². The number of carbonyl (C=O) groups excluding carboxylic acids is 1. The molecular formula is C27H28O7. The van der Waals surface area contributed by atoms with Crippen LogP contribution in [0.2, 0.25) is 0 Å². The third-order valence-electron chi connectivity index (χ3n) is 5.61. The van der Waals surface area contributed by atoms with Gasteiger partial charge in [0.1, 0.15) is 18.3 Å². The van der Waals surface area contributed by atoms with Crippen molar-refractivity contribution < 1.29 is 34.0 Å². The third kappa shape index (κ3) is 6.08. The van der Waals surface area contributed by atoms with Gasteiger partial charge in [-0.1, -0.05) is 78.9 Å². The van der Waals surface area contributed by atoms with Gasteiger partial charge in [-0.25, -0.2) is 4.79 Å². The maximum absolute atomic E-state index is 12.9. The van der Waals surface area contributed by atoms with Gasteiger partial charge in [-0.3, -0.25) is 0 Å². The van der Waals surface area contributed by atoms with Gasteiger partial charge < -0.3 is 29.2 Å². The number of hydrogen-bond donors (Lipinski definition) is 2. The first-order chi connectivity index (χ1) is 16.7. The van der Waals surface area contributed by atoms with E-state index in [1.807, 2.05) is 60.7 Å². The molecule has 0 spiro atoms. The van der Waals surface area contributed by atoms with Crippen LogP contribution in [0.3, 0.4) is 0 Å². The number of hydrogen-bond acceptors (Lipinski definition) is 7. The SMILES string of the molecule is O=C(O[C@H]1[C@H](OCc2ccccc2)[C@@H](CO)OC(O)[C@@H]1OCc1ccccc1)c1ccccc1. The molecule has 1 aliphatic heterocycles.